The summed E-state index contributed by atoms with van der Waals surface area (Å²) in [6.07, 6.45) is 2.96. The Labute approximate surface area is 183 Å². The summed E-state index contributed by atoms with van der Waals surface area (Å²) in [7, 11) is 1.88. The summed E-state index contributed by atoms with van der Waals surface area (Å²) < 4.78 is 10.1. The van der Waals surface area contributed by atoms with Crippen LogP contribution in [0, 0.1) is 0 Å². The molecule has 4 rings (SSSR count). The van der Waals surface area contributed by atoms with E-state index in [2.05, 4.69) is 66.7 Å². The van der Waals surface area contributed by atoms with Crippen molar-refractivity contribution in [1.82, 2.24) is 19.6 Å². The normalized spacial score (nSPS) is 19.7. The van der Waals surface area contributed by atoms with Gasteiger partial charge in [0.15, 0.2) is 5.96 Å². The molecule has 2 aliphatic heterocycles. The van der Waals surface area contributed by atoms with Crippen LogP contribution in [0.5, 0.6) is 0 Å². The van der Waals surface area contributed by atoms with Gasteiger partial charge in [-0.1, -0.05) is 37.3 Å². The van der Waals surface area contributed by atoms with Gasteiger partial charge < -0.3 is 19.9 Å². The molecule has 1 N–H and O–H groups in total. The van der Waals surface area contributed by atoms with E-state index in [1.54, 1.807) is 0 Å². The number of nitrogens with one attached hydrogen (secondary N) is 1. The summed E-state index contributed by atoms with van der Waals surface area (Å²) in [5, 5.41) is 4.73. The van der Waals surface area contributed by atoms with E-state index in [0.29, 0.717) is 0 Å². The fourth-order valence-electron chi connectivity index (χ4n) is 4.33. The lowest BCUT2D eigenvalue weighted by Gasteiger charge is -2.40. The minimum absolute atomic E-state index is 0.0976. The van der Waals surface area contributed by atoms with Crippen LogP contribution < -0.4 is 10.2 Å². The Hall–Kier alpha value is -2.19. The van der Waals surface area contributed by atoms with Gasteiger partial charge in [-0.2, -0.15) is 4.37 Å². The third-order valence-electron chi connectivity index (χ3n) is 6.26. The number of hydrogen-bond acceptors (Lipinski definition) is 6. The van der Waals surface area contributed by atoms with Gasteiger partial charge in [0.2, 0.25) is 5.13 Å². The van der Waals surface area contributed by atoms with Gasteiger partial charge in [0.1, 0.15) is 5.82 Å². The van der Waals surface area contributed by atoms with Crippen molar-refractivity contribution >= 4 is 22.6 Å². The molecule has 2 fully saturated rings. The average Bonchev–Trinajstić information content (AvgIpc) is 3.30. The molecule has 0 aliphatic carbocycles. The van der Waals surface area contributed by atoms with Crippen LogP contribution in [0.25, 0.3) is 0 Å². The second-order valence-electron chi connectivity index (χ2n) is 7.98. The predicted octanol–water partition coefficient (Wildman–Crippen LogP) is 2.55. The summed E-state index contributed by atoms with van der Waals surface area (Å²) in [5.74, 6) is 1.93. The van der Waals surface area contributed by atoms with Gasteiger partial charge >= 0.3 is 0 Å². The fourth-order valence-corrected chi connectivity index (χ4v) is 5.13. The van der Waals surface area contributed by atoms with Crippen LogP contribution in [-0.2, 0) is 16.6 Å². The molecule has 1 aromatic carbocycles. The molecule has 2 aromatic rings. The monoisotopic (exact) mass is 428 g/mol. The lowest BCUT2D eigenvalue weighted by molar-refractivity contribution is 0.0511. The van der Waals surface area contributed by atoms with Crippen molar-refractivity contribution in [2.75, 3.05) is 57.9 Å². The lowest BCUT2D eigenvalue weighted by atomic mass is 9.74. The number of nitrogens with zero attached hydrogens (tertiary/aromatic N) is 5. The highest BCUT2D eigenvalue weighted by atomic mass is 32.1. The van der Waals surface area contributed by atoms with Crippen molar-refractivity contribution in [3.63, 3.8) is 0 Å². The van der Waals surface area contributed by atoms with Crippen LogP contribution in [0.1, 0.15) is 31.2 Å². The first-order chi connectivity index (χ1) is 14.7. The van der Waals surface area contributed by atoms with Crippen LogP contribution in [0.2, 0.25) is 0 Å². The van der Waals surface area contributed by atoms with Crippen molar-refractivity contribution in [3.05, 3.63) is 41.7 Å². The zero-order chi connectivity index (χ0) is 20.8. The number of piperazine rings is 1. The van der Waals surface area contributed by atoms with E-state index >= 15 is 0 Å². The van der Waals surface area contributed by atoms with E-state index in [1.165, 1.54) is 17.1 Å². The third-order valence-corrected chi connectivity index (χ3v) is 7.07. The van der Waals surface area contributed by atoms with Crippen LogP contribution in [0.4, 0.5) is 5.13 Å². The molecule has 7 nitrogen and oxygen atoms in total. The van der Waals surface area contributed by atoms with Gasteiger partial charge in [0.05, 0.1) is 0 Å². The molecule has 8 heteroatoms. The van der Waals surface area contributed by atoms with Crippen LogP contribution in [0.15, 0.2) is 35.3 Å². The molecule has 0 bridgehead atoms. The highest BCUT2D eigenvalue weighted by Gasteiger charge is 2.35. The number of rotatable bonds is 5. The molecule has 0 unspecified atom stereocenters. The maximum atomic E-state index is 5.68. The molecule has 3 heterocycles. The smallest absolute Gasteiger partial charge is 0.205 e. The zero-order valence-corrected chi connectivity index (χ0v) is 18.8. The second kappa shape index (κ2) is 9.75. The summed E-state index contributed by atoms with van der Waals surface area (Å²) in [4.78, 5) is 13.9. The largest absolute Gasteiger partial charge is 0.381 e. The van der Waals surface area contributed by atoms with Gasteiger partial charge in [0.25, 0.3) is 0 Å². The van der Waals surface area contributed by atoms with Crippen molar-refractivity contribution in [1.29, 1.82) is 0 Å². The summed E-state index contributed by atoms with van der Waals surface area (Å²) >= 11 is 1.51. The Kier molecular flexibility index (Phi) is 6.84. The van der Waals surface area contributed by atoms with Gasteiger partial charge in [-0.25, -0.2) is 4.98 Å². The first kappa shape index (κ1) is 21.1. The van der Waals surface area contributed by atoms with Gasteiger partial charge in [0, 0.05) is 76.4 Å². The number of hydrogen-bond donors (Lipinski definition) is 1. The van der Waals surface area contributed by atoms with E-state index < -0.39 is 0 Å². The molecule has 0 saturated carbocycles. The number of ether oxygens (including phenoxy) is 1. The Morgan fingerprint density at radius 2 is 1.90 bits per heavy atom. The molecular formula is C22H32N6OS. The summed E-state index contributed by atoms with van der Waals surface area (Å²) in [6.45, 7) is 8.35. The van der Waals surface area contributed by atoms with Crippen molar-refractivity contribution < 1.29 is 4.74 Å². The van der Waals surface area contributed by atoms with Crippen molar-refractivity contribution in [2.24, 2.45) is 4.99 Å². The fraction of sp³-hybridized carbons (Fsp3) is 0.591. The first-order valence-electron chi connectivity index (χ1n) is 10.9. The number of guanidine groups is 1. The van der Waals surface area contributed by atoms with Crippen molar-refractivity contribution in [2.45, 2.75) is 31.6 Å². The maximum Gasteiger partial charge on any atom is 0.205 e. The molecule has 0 radical (unpaired) electrons. The summed E-state index contributed by atoms with van der Waals surface area (Å²) in [5.41, 5.74) is 1.49. The average molecular weight is 429 g/mol. The Morgan fingerprint density at radius 3 is 2.53 bits per heavy atom. The zero-order valence-electron chi connectivity index (χ0n) is 18.0. The molecule has 0 spiro atoms. The highest BCUT2D eigenvalue weighted by molar-refractivity contribution is 7.09. The van der Waals surface area contributed by atoms with E-state index in [9.17, 15) is 0 Å². The minimum atomic E-state index is 0.0976. The Balaban J connectivity index is 1.37. The van der Waals surface area contributed by atoms with Crippen molar-refractivity contribution in [3.8, 4) is 0 Å². The van der Waals surface area contributed by atoms with E-state index in [-0.39, 0.29) is 5.41 Å². The van der Waals surface area contributed by atoms with Crippen LogP contribution in [-0.4, -0.2) is 73.2 Å². The molecular weight excluding hydrogens is 396 g/mol. The molecule has 162 valence electrons. The standard InChI is InChI=1S/C22H32N6OS/c1-3-19-25-21(30-26-19)28-13-11-27(12-14-28)20(23-2)24-17-22(9-15-29-16-10-22)18-7-5-4-6-8-18/h4-8H,3,9-17H2,1-2H3,(H,23,24). The van der Waals surface area contributed by atoms with Gasteiger partial charge in [-0.05, 0) is 18.4 Å². The topological polar surface area (TPSA) is 65.9 Å². The molecule has 0 atom stereocenters. The number of aryl methyl sites for hydroxylation is 1. The first-order valence-corrected chi connectivity index (χ1v) is 11.7. The SMILES string of the molecule is CCc1nsc(N2CCN(C(=NC)NCC3(c4ccccc4)CCOCC3)CC2)n1. The highest BCUT2D eigenvalue weighted by Crippen LogP contribution is 2.34. The lowest BCUT2D eigenvalue weighted by Crippen LogP contribution is -2.55. The molecule has 1 aromatic heterocycles. The van der Waals surface area contributed by atoms with E-state index in [1.807, 2.05) is 7.05 Å². The van der Waals surface area contributed by atoms with Crippen LogP contribution in [0.3, 0.4) is 0 Å². The summed E-state index contributed by atoms with van der Waals surface area (Å²) in [6, 6.07) is 10.9. The molecule has 2 aliphatic rings. The molecule has 2 saturated heterocycles. The quantitative estimate of drug-likeness (QED) is 0.583. The minimum Gasteiger partial charge on any atom is -0.381 e. The Morgan fingerprint density at radius 1 is 1.17 bits per heavy atom. The Bertz CT molecular complexity index is 825. The van der Waals surface area contributed by atoms with Gasteiger partial charge in [-0.3, -0.25) is 4.99 Å². The third kappa shape index (κ3) is 4.59. The predicted molar refractivity (Wildman–Crippen MR) is 123 cm³/mol. The van der Waals surface area contributed by atoms with Crippen LogP contribution >= 0.6 is 11.5 Å². The molecule has 0 amide bonds. The maximum absolute atomic E-state index is 5.68. The van der Waals surface area contributed by atoms with E-state index in [0.717, 1.165) is 82.1 Å². The van der Waals surface area contributed by atoms with E-state index in [4.69, 9.17) is 4.74 Å². The number of aromatic nitrogens is 2. The second-order valence-corrected chi connectivity index (χ2v) is 8.71. The molecule has 30 heavy (non-hydrogen) atoms. The number of anilines is 1. The number of aliphatic imine (C=N–C) groups is 1. The van der Waals surface area contributed by atoms with Gasteiger partial charge in [-0.15, -0.1) is 0 Å². The number of benzene rings is 1.